The number of hydrogen-bond donors (Lipinski definition) is 0. The number of carbonyl (C=O) groups excluding carboxylic acids is 1. The number of hydrogen-bond acceptors (Lipinski definition) is 3. The second-order valence-electron chi connectivity index (χ2n) is 9.40. The van der Waals surface area contributed by atoms with E-state index in [0.29, 0.717) is 29.1 Å². The van der Waals surface area contributed by atoms with E-state index in [9.17, 15) is 26.7 Å². The van der Waals surface area contributed by atoms with Gasteiger partial charge in [-0.15, -0.1) is 11.8 Å². The predicted octanol–water partition coefficient (Wildman–Crippen LogP) is 7.49. The average molecular weight is 534 g/mol. The van der Waals surface area contributed by atoms with Gasteiger partial charge < -0.3 is 9.64 Å². The van der Waals surface area contributed by atoms with Crippen LogP contribution in [0.2, 0.25) is 0 Å². The Bertz CT molecular complexity index is 1270. The Hall–Kier alpha value is -3.07. The third-order valence-electron chi connectivity index (χ3n) is 6.89. The minimum atomic E-state index is -4.43. The summed E-state index contributed by atoms with van der Waals surface area (Å²) < 4.78 is 71.5. The molecule has 2 bridgehead atoms. The van der Waals surface area contributed by atoms with Gasteiger partial charge in [-0.05, 0) is 66.9 Å². The van der Waals surface area contributed by atoms with E-state index in [4.69, 9.17) is 4.74 Å². The summed E-state index contributed by atoms with van der Waals surface area (Å²) in [6.45, 7) is 0. The number of halogens is 5. The van der Waals surface area contributed by atoms with E-state index in [1.54, 1.807) is 12.1 Å². The summed E-state index contributed by atoms with van der Waals surface area (Å²) in [6.07, 6.45) is -1.87. The molecule has 1 amide bonds. The van der Waals surface area contributed by atoms with Crippen molar-refractivity contribution < 1.29 is 31.5 Å². The van der Waals surface area contributed by atoms with Crippen molar-refractivity contribution in [3.63, 3.8) is 0 Å². The second kappa shape index (κ2) is 10.4. The number of benzene rings is 3. The number of piperidine rings is 1. The van der Waals surface area contributed by atoms with Crippen molar-refractivity contribution in [3.05, 3.63) is 95.1 Å². The van der Waals surface area contributed by atoms with Crippen LogP contribution in [0.15, 0.2) is 71.6 Å². The van der Waals surface area contributed by atoms with Gasteiger partial charge in [0.25, 0.3) is 5.91 Å². The van der Waals surface area contributed by atoms with Crippen LogP contribution in [0, 0.1) is 11.6 Å². The molecule has 2 aliphatic heterocycles. The summed E-state index contributed by atoms with van der Waals surface area (Å²) in [7, 11) is 0. The van der Waals surface area contributed by atoms with Crippen LogP contribution in [0.5, 0.6) is 5.75 Å². The third kappa shape index (κ3) is 5.76. The van der Waals surface area contributed by atoms with Gasteiger partial charge in [0, 0.05) is 41.1 Å². The summed E-state index contributed by atoms with van der Waals surface area (Å²) in [5.41, 5.74) is 0.769. The average Bonchev–Trinajstić information content (AvgIpc) is 3.14. The molecule has 0 spiro atoms. The van der Waals surface area contributed by atoms with Gasteiger partial charge in [0.2, 0.25) is 0 Å². The van der Waals surface area contributed by atoms with Crippen molar-refractivity contribution in [2.45, 2.75) is 60.7 Å². The smallest absolute Gasteiger partial charge is 0.416 e. The van der Waals surface area contributed by atoms with E-state index in [1.165, 1.54) is 30.0 Å². The van der Waals surface area contributed by atoms with Gasteiger partial charge in [-0.3, -0.25) is 4.79 Å². The molecule has 0 radical (unpaired) electrons. The van der Waals surface area contributed by atoms with Crippen LogP contribution < -0.4 is 4.74 Å². The summed E-state index contributed by atoms with van der Waals surface area (Å²) >= 11 is 1.37. The predicted molar refractivity (Wildman–Crippen MR) is 130 cm³/mol. The summed E-state index contributed by atoms with van der Waals surface area (Å²) in [5.74, 6) is -1.10. The van der Waals surface area contributed by atoms with Crippen molar-refractivity contribution >= 4 is 17.7 Å². The molecule has 37 heavy (non-hydrogen) atoms. The molecule has 3 aromatic rings. The van der Waals surface area contributed by atoms with E-state index in [0.717, 1.165) is 42.7 Å². The van der Waals surface area contributed by atoms with Gasteiger partial charge in [0.1, 0.15) is 11.9 Å². The zero-order valence-corrected chi connectivity index (χ0v) is 20.5. The number of amides is 1. The number of carbonyl (C=O) groups is 1. The SMILES string of the molecule is O=C(c1ccc(CSc2ccc(F)c(F)c2)cc1)N1C2CCC1CC(Oc1cccc(C(F)(F)F)c1)C2. The van der Waals surface area contributed by atoms with Crippen LogP contribution in [0.1, 0.15) is 47.2 Å². The van der Waals surface area contributed by atoms with Crippen LogP contribution >= 0.6 is 11.8 Å². The van der Waals surface area contributed by atoms with E-state index < -0.39 is 23.4 Å². The first-order chi connectivity index (χ1) is 17.7. The molecule has 3 nitrogen and oxygen atoms in total. The Morgan fingerprint density at radius 1 is 0.919 bits per heavy atom. The van der Waals surface area contributed by atoms with E-state index >= 15 is 0 Å². The monoisotopic (exact) mass is 533 g/mol. The van der Waals surface area contributed by atoms with Gasteiger partial charge in [-0.25, -0.2) is 8.78 Å². The fourth-order valence-corrected chi connectivity index (χ4v) is 6.00. The van der Waals surface area contributed by atoms with Crippen molar-refractivity contribution in [1.29, 1.82) is 0 Å². The van der Waals surface area contributed by atoms with Crippen molar-refractivity contribution in [3.8, 4) is 5.75 Å². The number of thioether (sulfide) groups is 1. The van der Waals surface area contributed by atoms with Crippen molar-refractivity contribution in [2.75, 3.05) is 0 Å². The highest BCUT2D eigenvalue weighted by Crippen LogP contribution is 2.39. The lowest BCUT2D eigenvalue weighted by atomic mass is 9.98. The standard InChI is InChI=1S/C28H24F5NO2S/c29-25-11-10-24(15-26(25)30)37-16-17-4-6-18(7-5-17)27(35)34-20-8-9-21(34)14-23(13-20)36-22-3-1-2-19(12-22)28(31,32)33/h1-7,10-12,15,20-21,23H,8-9,13-14,16H2. The maximum absolute atomic E-state index is 13.4. The molecule has 0 saturated carbocycles. The van der Waals surface area contributed by atoms with Gasteiger partial charge in [0.15, 0.2) is 11.6 Å². The summed E-state index contributed by atoms with van der Waals surface area (Å²) in [4.78, 5) is 15.8. The highest BCUT2D eigenvalue weighted by Gasteiger charge is 2.44. The van der Waals surface area contributed by atoms with Gasteiger partial charge in [-0.2, -0.15) is 13.2 Å². The molecule has 2 fully saturated rings. The lowest BCUT2D eigenvalue weighted by Crippen LogP contribution is -2.49. The van der Waals surface area contributed by atoms with Crippen LogP contribution in [0.3, 0.4) is 0 Å². The lowest BCUT2D eigenvalue weighted by molar-refractivity contribution is -0.137. The van der Waals surface area contributed by atoms with Crippen LogP contribution in [0.25, 0.3) is 0 Å². The summed E-state index contributed by atoms with van der Waals surface area (Å²) in [6, 6.07) is 15.9. The highest BCUT2D eigenvalue weighted by molar-refractivity contribution is 7.98. The van der Waals surface area contributed by atoms with E-state index in [-0.39, 0.29) is 29.8 Å². The zero-order valence-electron chi connectivity index (χ0n) is 19.7. The number of alkyl halides is 3. The molecule has 2 atom stereocenters. The first-order valence-corrected chi connectivity index (χ1v) is 13.0. The number of ether oxygens (including phenoxy) is 1. The van der Waals surface area contributed by atoms with Crippen LogP contribution in [-0.4, -0.2) is 29.0 Å². The highest BCUT2D eigenvalue weighted by atomic mass is 32.2. The molecule has 194 valence electrons. The summed E-state index contributed by atoms with van der Waals surface area (Å²) in [5, 5.41) is 0. The Morgan fingerprint density at radius 2 is 1.62 bits per heavy atom. The van der Waals surface area contributed by atoms with Crippen LogP contribution in [0.4, 0.5) is 22.0 Å². The maximum atomic E-state index is 13.4. The first kappa shape index (κ1) is 25.6. The minimum absolute atomic E-state index is 0.0225. The molecule has 2 heterocycles. The minimum Gasteiger partial charge on any atom is -0.490 e. The molecular formula is C28H24F5NO2S. The third-order valence-corrected chi connectivity index (χ3v) is 7.95. The van der Waals surface area contributed by atoms with E-state index in [1.807, 2.05) is 17.0 Å². The Kier molecular flexibility index (Phi) is 7.16. The number of nitrogens with zero attached hydrogens (tertiary/aromatic N) is 1. The Morgan fingerprint density at radius 3 is 2.27 bits per heavy atom. The lowest BCUT2D eigenvalue weighted by Gasteiger charge is -2.39. The fraction of sp³-hybridized carbons (Fsp3) is 0.321. The normalized spacial score (nSPS) is 21.2. The zero-order chi connectivity index (χ0) is 26.2. The van der Waals surface area contributed by atoms with Gasteiger partial charge in [-0.1, -0.05) is 18.2 Å². The van der Waals surface area contributed by atoms with Gasteiger partial charge >= 0.3 is 6.18 Å². The maximum Gasteiger partial charge on any atom is 0.416 e. The molecule has 2 aliphatic rings. The fourth-order valence-electron chi connectivity index (χ4n) is 5.12. The molecule has 0 N–H and O–H groups in total. The first-order valence-electron chi connectivity index (χ1n) is 12.0. The second-order valence-corrected chi connectivity index (χ2v) is 10.4. The van der Waals surface area contributed by atoms with E-state index in [2.05, 4.69) is 0 Å². The van der Waals surface area contributed by atoms with Crippen LogP contribution in [-0.2, 0) is 11.9 Å². The largest absolute Gasteiger partial charge is 0.490 e. The molecule has 9 heteroatoms. The van der Waals surface area contributed by atoms with Crippen molar-refractivity contribution in [2.24, 2.45) is 0 Å². The van der Waals surface area contributed by atoms with Gasteiger partial charge in [0.05, 0.1) is 5.56 Å². The Balaban J connectivity index is 1.19. The molecule has 0 aromatic heterocycles. The Labute approximate surface area is 215 Å². The molecule has 0 aliphatic carbocycles. The van der Waals surface area contributed by atoms with Crippen molar-refractivity contribution in [1.82, 2.24) is 4.90 Å². The molecule has 2 unspecified atom stereocenters. The topological polar surface area (TPSA) is 29.5 Å². The number of fused-ring (bicyclic) bond motifs is 2. The molecule has 2 saturated heterocycles. The quantitative estimate of drug-likeness (QED) is 0.243. The molecule has 3 aromatic carbocycles. The number of rotatable bonds is 6. The molecular weight excluding hydrogens is 509 g/mol. The molecule has 5 rings (SSSR count).